The number of nitrogens with zero attached hydrogens (tertiary/aromatic N) is 3. The Hall–Kier alpha value is -2.92. The number of carbonyl (C=O) groups excluding carboxylic acids is 1. The molecule has 30 heavy (non-hydrogen) atoms. The second kappa shape index (κ2) is 8.07. The summed E-state index contributed by atoms with van der Waals surface area (Å²) in [6, 6.07) is 16.3. The molecule has 0 spiro atoms. The first-order valence-corrected chi connectivity index (χ1v) is 11.0. The van der Waals surface area contributed by atoms with Crippen LogP contribution < -0.4 is 0 Å². The van der Waals surface area contributed by atoms with Crippen LogP contribution in [0.5, 0.6) is 0 Å². The number of benzene rings is 2. The third kappa shape index (κ3) is 3.77. The number of fused-ring (bicyclic) bond motifs is 1. The average molecular weight is 416 g/mol. The van der Waals surface area contributed by atoms with Gasteiger partial charge in [-0.2, -0.15) is 0 Å². The normalized spacial score (nSPS) is 11.2. The maximum absolute atomic E-state index is 13.1. The minimum Gasteiger partial charge on any atom is -0.318 e. The molecule has 2 aromatic heterocycles. The van der Waals surface area contributed by atoms with Crippen molar-refractivity contribution in [1.82, 2.24) is 14.5 Å². The number of carbonyl (C=O) groups is 1. The number of thioether (sulfide) groups is 1. The number of rotatable bonds is 5. The fraction of sp³-hybridized carbons (Fsp3) is 0.240. The Morgan fingerprint density at radius 2 is 1.70 bits per heavy atom. The van der Waals surface area contributed by atoms with E-state index >= 15 is 0 Å². The number of para-hydroxylation sites is 1. The molecule has 0 radical (unpaired) electrons. The van der Waals surface area contributed by atoms with Crippen LogP contribution >= 0.6 is 11.8 Å². The second-order valence-electron chi connectivity index (χ2n) is 7.69. The first kappa shape index (κ1) is 20.4. The standard InChI is InChI=1S/C25H25N3OS/c1-15-10-11-20(12-16(15)2)28-17(3)13-22(18(28)4)24(29)14-30-25-21-8-6-7-9-23(21)26-19(5)27-25/h6-13H,14H2,1-5H3. The van der Waals surface area contributed by atoms with Gasteiger partial charge in [0, 0.05) is 28.0 Å². The van der Waals surface area contributed by atoms with Crippen LogP contribution in [-0.4, -0.2) is 26.1 Å². The van der Waals surface area contributed by atoms with Gasteiger partial charge in [0.15, 0.2) is 5.78 Å². The molecule has 0 saturated carbocycles. The SMILES string of the molecule is Cc1nc(SCC(=O)c2cc(C)n(-c3ccc(C)c(C)c3)c2C)c2ccccc2n1. The van der Waals surface area contributed by atoms with E-state index in [0.29, 0.717) is 5.75 Å². The van der Waals surface area contributed by atoms with Crippen molar-refractivity contribution < 1.29 is 4.79 Å². The van der Waals surface area contributed by atoms with Gasteiger partial charge in [-0.05, 0) is 70.0 Å². The molecule has 0 aliphatic rings. The van der Waals surface area contributed by atoms with Crippen molar-refractivity contribution in [2.24, 2.45) is 0 Å². The lowest BCUT2D eigenvalue weighted by Crippen LogP contribution is -2.06. The third-order valence-corrected chi connectivity index (χ3v) is 6.49. The highest BCUT2D eigenvalue weighted by Gasteiger charge is 2.18. The van der Waals surface area contributed by atoms with Crippen molar-refractivity contribution in [3.05, 3.63) is 82.4 Å². The van der Waals surface area contributed by atoms with Crippen LogP contribution in [0.2, 0.25) is 0 Å². The van der Waals surface area contributed by atoms with Crippen LogP contribution in [0.25, 0.3) is 16.6 Å². The Labute approximate surface area is 181 Å². The minimum atomic E-state index is 0.114. The quantitative estimate of drug-likeness (QED) is 0.230. The molecule has 0 fully saturated rings. The first-order valence-electron chi connectivity index (χ1n) is 10.0. The smallest absolute Gasteiger partial charge is 0.174 e. The molecule has 0 N–H and O–H groups in total. The summed E-state index contributed by atoms with van der Waals surface area (Å²) < 4.78 is 2.16. The number of Topliss-reactive ketones (excluding diaryl/α,β-unsaturated/α-hetero) is 1. The van der Waals surface area contributed by atoms with Crippen LogP contribution in [0.3, 0.4) is 0 Å². The Balaban J connectivity index is 1.62. The minimum absolute atomic E-state index is 0.114. The van der Waals surface area contributed by atoms with Gasteiger partial charge < -0.3 is 4.57 Å². The van der Waals surface area contributed by atoms with Crippen LogP contribution in [0.15, 0.2) is 53.6 Å². The maximum atomic E-state index is 13.1. The lowest BCUT2D eigenvalue weighted by atomic mass is 10.1. The largest absolute Gasteiger partial charge is 0.318 e. The molecule has 0 atom stereocenters. The molecule has 0 bridgehead atoms. The first-order chi connectivity index (χ1) is 14.3. The molecule has 0 aliphatic heterocycles. The summed E-state index contributed by atoms with van der Waals surface area (Å²) in [5, 5.41) is 1.84. The van der Waals surface area contributed by atoms with Crippen molar-refractivity contribution in [3.8, 4) is 5.69 Å². The number of hydrogen-bond donors (Lipinski definition) is 0. The predicted molar refractivity (Wildman–Crippen MR) is 124 cm³/mol. The number of aromatic nitrogens is 3. The molecule has 0 unspecified atom stereocenters. The maximum Gasteiger partial charge on any atom is 0.174 e. The van der Waals surface area contributed by atoms with Gasteiger partial charge in [-0.3, -0.25) is 4.79 Å². The summed E-state index contributed by atoms with van der Waals surface area (Å²) in [5.74, 6) is 1.18. The highest BCUT2D eigenvalue weighted by Crippen LogP contribution is 2.28. The van der Waals surface area contributed by atoms with Gasteiger partial charge in [0.1, 0.15) is 10.9 Å². The van der Waals surface area contributed by atoms with Crippen LogP contribution in [0.1, 0.15) is 38.7 Å². The van der Waals surface area contributed by atoms with Crippen molar-refractivity contribution in [2.45, 2.75) is 39.6 Å². The van der Waals surface area contributed by atoms with E-state index in [1.54, 1.807) is 0 Å². The van der Waals surface area contributed by atoms with Crippen LogP contribution in [-0.2, 0) is 0 Å². The Morgan fingerprint density at radius 3 is 2.47 bits per heavy atom. The zero-order valence-corrected chi connectivity index (χ0v) is 18.8. The number of aryl methyl sites for hydroxylation is 4. The third-order valence-electron chi connectivity index (χ3n) is 5.50. The number of ketones is 1. The van der Waals surface area contributed by atoms with Gasteiger partial charge in [-0.15, -0.1) is 0 Å². The van der Waals surface area contributed by atoms with Gasteiger partial charge in [-0.1, -0.05) is 36.0 Å². The molecular formula is C25H25N3OS. The lowest BCUT2D eigenvalue weighted by Gasteiger charge is -2.12. The summed E-state index contributed by atoms with van der Waals surface area (Å²) in [5.41, 5.74) is 7.33. The summed E-state index contributed by atoms with van der Waals surface area (Å²) in [6.45, 7) is 10.2. The molecule has 4 aromatic rings. The van der Waals surface area contributed by atoms with E-state index in [0.717, 1.165) is 44.4 Å². The van der Waals surface area contributed by atoms with E-state index in [1.807, 2.05) is 51.1 Å². The highest BCUT2D eigenvalue weighted by atomic mass is 32.2. The highest BCUT2D eigenvalue weighted by molar-refractivity contribution is 8.00. The summed E-state index contributed by atoms with van der Waals surface area (Å²) >= 11 is 1.48. The van der Waals surface area contributed by atoms with Crippen LogP contribution in [0.4, 0.5) is 0 Å². The monoisotopic (exact) mass is 415 g/mol. The Morgan fingerprint density at radius 1 is 0.933 bits per heavy atom. The van der Waals surface area contributed by atoms with E-state index in [-0.39, 0.29) is 5.78 Å². The fourth-order valence-electron chi connectivity index (χ4n) is 3.79. The van der Waals surface area contributed by atoms with Crippen molar-refractivity contribution >= 4 is 28.4 Å². The number of hydrogen-bond acceptors (Lipinski definition) is 4. The van der Waals surface area contributed by atoms with Gasteiger partial charge in [0.05, 0.1) is 11.3 Å². The molecule has 5 heteroatoms. The van der Waals surface area contributed by atoms with E-state index < -0.39 is 0 Å². The van der Waals surface area contributed by atoms with Gasteiger partial charge in [-0.25, -0.2) is 9.97 Å². The summed E-state index contributed by atoms with van der Waals surface area (Å²) in [4.78, 5) is 22.2. The summed E-state index contributed by atoms with van der Waals surface area (Å²) in [6.07, 6.45) is 0. The van der Waals surface area contributed by atoms with Crippen molar-refractivity contribution in [1.29, 1.82) is 0 Å². The van der Waals surface area contributed by atoms with Gasteiger partial charge in [0.25, 0.3) is 0 Å². The van der Waals surface area contributed by atoms with Crippen molar-refractivity contribution in [3.63, 3.8) is 0 Å². The van der Waals surface area contributed by atoms with Crippen LogP contribution in [0, 0.1) is 34.6 Å². The molecule has 2 heterocycles. The fourth-order valence-corrected chi connectivity index (χ4v) is 4.74. The zero-order valence-electron chi connectivity index (χ0n) is 18.0. The average Bonchev–Trinajstić information content (AvgIpc) is 3.02. The molecule has 0 amide bonds. The molecule has 0 aliphatic carbocycles. The van der Waals surface area contributed by atoms with E-state index in [1.165, 1.54) is 22.9 Å². The molecule has 0 saturated heterocycles. The van der Waals surface area contributed by atoms with E-state index in [4.69, 9.17) is 0 Å². The Bertz CT molecular complexity index is 1270. The topological polar surface area (TPSA) is 47.8 Å². The van der Waals surface area contributed by atoms with Crippen molar-refractivity contribution in [2.75, 3.05) is 5.75 Å². The zero-order chi connectivity index (χ0) is 21.4. The van der Waals surface area contributed by atoms with E-state index in [2.05, 4.69) is 46.6 Å². The Kier molecular flexibility index (Phi) is 5.48. The molecule has 152 valence electrons. The molecule has 4 rings (SSSR count). The lowest BCUT2D eigenvalue weighted by molar-refractivity contribution is 0.102. The molecule has 4 nitrogen and oxygen atoms in total. The van der Waals surface area contributed by atoms with Gasteiger partial charge in [0.2, 0.25) is 0 Å². The molecular weight excluding hydrogens is 390 g/mol. The van der Waals surface area contributed by atoms with Gasteiger partial charge >= 0.3 is 0 Å². The second-order valence-corrected chi connectivity index (χ2v) is 8.66. The van der Waals surface area contributed by atoms with E-state index in [9.17, 15) is 4.79 Å². The summed E-state index contributed by atoms with van der Waals surface area (Å²) in [7, 11) is 0. The molecule has 2 aromatic carbocycles. The predicted octanol–water partition coefficient (Wildman–Crippen LogP) is 5.94.